The van der Waals surface area contributed by atoms with Gasteiger partial charge in [0.05, 0.1) is 18.7 Å². The summed E-state index contributed by atoms with van der Waals surface area (Å²) >= 11 is 0. The maximum absolute atomic E-state index is 12.5. The van der Waals surface area contributed by atoms with Gasteiger partial charge in [-0.25, -0.2) is 18.7 Å². The van der Waals surface area contributed by atoms with E-state index in [1.807, 2.05) is 24.5 Å². The molecule has 156 valence electrons. The first-order chi connectivity index (χ1) is 13.9. The molecule has 0 atom stereocenters. The molecule has 8 heteroatoms. The Morgan fingerprint density at radius 1 is 1.21 bits per heavy atom. The van der Waals surface area contributed by atoms with Gasteiger partial charge in [-0.1, -0.05) is 12.8 Å². The summed E-state index contributed by atoms with van der Waals surface area (Å²) < 4.78 is 8.97. The number of hydrogen-bond acceptors (Lipinski definition) is 4. The highest BCUT2D eigenvalue weighted by atomic mass is 16.5. The molecule has 0 unspecified atom stereocenters. The molecule has 0 radical (unpaired) electrons. The Bertz CT molecular complexity index is 928. The lowest BCUT2D eigenvalue weighted by atomic mass is 10.2. The number of rotatable bonds is 6. The molecule has 2 N–H and O–H groups in total. The largest absolute Gasteiger partial charge is 0.462 e. The number of benzene rings is 1. The van der Waals surface area contributed by atoms with Crippen LogP contribution in [0.3, 0.4) is 0 Å². The van der Waals surface area contributed by atoms with E-state index in [4.69, 9.17) is 4.74 Å². The van der Waals surface area contributed by atoms with Crippen molar-refractivity contribution >= 4 is 28.9 Å². The minimum atomic E-state index is -0.452. The van der Waals surface area contributed by atoms with Crippen molar-refractivity contribution in [2.45, 2.75) is 65.6 Å². The van der Waals surface area contributed by atoms with Crippen LogP contribution in [0.2, 0.25) is 0 Å². The number of ether oxygens (including phenoxy) is 1. The summed E-state index contributed by atoms with van der Waals surface area (Å²) in [5.41, 5.74) is 2.10. The molecular formula is C21H29N4O4+. The number of nitrogens with one attached hydrogen (secondary N) is 2. The van der Waals surface area contributed by atoms with Gasteiger partial charge in [0.15, 0.2) is 17.6 Å². The molecule has 3 rings (SSSR count). The van der Waals surface area contributed by atoms with Gasteiger partial charge in [0, 0.05) is 19.0 Å². The molecule has 1 aromatic carbocycles. The summed E-state index contributed by atoms with van der Waals surface area (Å²) in [6.45, 7) is 6.70. The summed E-state index contributed by atoms with van der Waals surface area (Å²) in [5.74, 6) is 0.0726. The maximum atomic E-state index is 12.5. The lowest BCUT2D eigenvalue weighted by Gasteiger charge is -2.11. The molecule has 1 aliphatic carbocycles. The molecule has 1 aromatic heterocycles. The number of nitrogens with zero attached hydrogens (tertiary/aromatic N) is 2. The van der Waals surface area contributed by atoms with Crippen molar-refractivity contribution in [1.82, 2.24) is 15.2 Å². The van der Waals surface area contributed by atoms with E-state index in [2.05, 4.69) is 15.2 Å². The summed E-state index contributed by atoms with van der Waals surface area (Å²) in [4.78, 5) is 36.7. The second-order valence-corrected chi connectivity index (χ2v) is 7.30. The molecule has 1 heterocycles. The number of imidazole rings is 1. The standard InChI is InChI=1S/C21H28N4O4/c1-4-24-14(3)25(13-19(26)23-21(28)22-16-8-6-7-9-16)18-12-15(10-11-17(18)24)20(27)29-5-2/h10-12,16H,4-9,13H2,1-3H3,(H-,22,23,26,28)/p+1. The van der Waals surface area contributed by atoms with E-state index in [-0.39, 0.29) is 12.6 Å². The number of aryl methyl sites for hydroxylation is 1. The number of amides is 3. The molecule has 2 aromatic rings. The number of aromatic nitrogens is 2. The number of esters is 1. The van der Waals surface area contributed by atoms with Crippen molar-refractivity contribution in [1.29, 1.82) is 0 Å². The van der Waals surface area contributed by atoms with Gasteiger partial charge < -0.3 is 10.1 Å². The highest BCUT2D eigenvalue weighted by molar-refractivity contribution is 5.96. The molecule has 3 amide bonds. The zero-order valence-electron chi connectivity index (χ0n) is 17.3. The van der Waals surface area contributed by atoms with Gasteiger partial charge in [0.1, 0.15) is 0 Å². The van der Waals surface area contributed by atoms with Crippen LogP contribution in [0.1, 0.15) is 55.7 Å². The Morgan fingerprint density at radius 2 is 1.93 bits per heavy atom. The molecular weight excluding hydrogens is 372 g/mol. The van der Waals surface area contributed by atoms with E-state index in [1.165, 1.54) is 0 Å². The second kappa shape index (κ2) is 9.07. The Balaban J connectivity index is 1.81. The van der Waals surface area contributed by atoms with Crippen molar-refractivity contribution in [3.8, 4) is 0 Å². The topological polar surface area (TPSA) is 93.3 Å². The predicted octanol–water partition coefficient (Wildman–Crippen LogP) is 2.20. The van der Waals surface area contributed by atoms with E-state index < -0.39 is 17.9 Å². The van der Waals surface area contributed by atoms with Gasteiger partial charge in [-0.05, 0) is 38.8 Å². The van der Waals surface area contributed by atoms with Crippen LogP contribution in [0, 0.1) is 6.92 Å². The zero-order chi connectivity index (χ0) is 21.0. The van der Waals surface area contributed by atoms with E-state index in [9.17, 15) is 14.4 Å². The number of urea groups is 1. The molecule has 0 aliphatic heterocycles. The second-order valence-electron chi connectivity index (χ2n) is 7.30. The van der Waals surface area contributed by atoms with Crippen molar-refractivity contribution in [3.05, 3.63) is 29.6 Å². The lowest BCUT2D eigenvalue weighted by molar-refractivity contribution is -0.674. The van der Waals surface area contributed by atoms with E-state index >= 15 is 0 Å². The molecule has 29 heavy (non-hydrogen) atoms. The van der Waals surface area contributed by atoms with Gasteiger partial charge in [-0.3, -0.25) is 10.1 Å². The van der Waals surface area contributed by atoms with Crippen molar-refractivity contribution < 1.29 is 23.7 Å². The summed E-state index contributed by atoms with van der Waals surface area (Å²) in [6, 6.07) is 5.01. The summed E-state index contributed by atoms with van der Waals surface area (Å²) in [7, 11) is 0. The van der Waals surface area contributed by atoms with Crippen LogP contribution in [0.15, 0.2) is 18.2 Å². The Morgan fingerprint density at radius 3 is 2.59 bits per heavy atom. The highest BCUT2D eigenvalue weighted by Crippen LogP contribution is 2.18. The zero-order valence-corrected chi connectivity index (χ0v) is 17.3. The molecule has 1 saturated carbocycles. The first kappa shape index (κ1) is 20.8. The monoisotopic (exact) mass is 401 g/mol. The molecule has 0 spiro atoms. The summed E-state index contributed by atoms with van der Waals surface area (Å²) in [6.07, 6.45) is 4.12. The lowest BCUT2D eigenvalue weighted by Crippen LogP contribution is -2.45. The Kier molecular flexibility index (Phi) is 6.51. The molecule has 0 saturated heterocycles. The highest BCUT2D eigenvalue weighted by Gasteiger charge is 2.25. The van der Waals surface area contributed by atoms with Crippen molar-refractivity contribution in [3.63, 3.8) is 0 Å². The van der Waals surface area contributed by atoms with Crippen LogP contribution >= 0.6 is 0 Å². The van der Waals surface area contributed by atoms with Gasteiger partial charge in [-0.2, -0.15) is 0 Å². The Hall–Kier alpha value is -2.90. The number of fused-ring (bicyclic) bond motifs is 1. The predicted molar refractivity (Wildman–Crippen MR) is 107 cm³/mol. The number of hydrogen-bond donors (Lipinski definition) is 2. The minimum Gasteiger partial charge on any atom is -0.462 e. The van der Waals surface area contributed by atoms with Gasteiger partial charge in [0.25, 0.3) is 11.7 Å². The minimum absolute atomic E-state index is 0.0142. The first-order valence-corrected chi connectivity index (χ1v) is 10.2. The Labute approximate surface area is 170 Å². The SMILES string of the molecule is CCOC(=O)c1ccc2c(c1)n(CC(=O)NC(=O)NC1CCCC1)c(C)[n+]2CC. The fourth-order valence-corrected chi connectivity index (χ4v) is 4.00. The fraction of sp³-hybridized carbons (Fsp3) is 0.524. The van der Waals surface area contributed by atoms with E-state index in [0.717, 1.165) is 49.1 Å². The van der Waals surface area contributed by atoms with Crippen LogP contribution < -0.4 is 15.2 Å². The van der Waals surface area contributed by atoms with Gasteiger partial charge in [0.2, 0.25) is 0 Å². The quantitative estimate of drug-likeness (QED) is 0.573. The number of carbonyl (C=O) groups is 3. The average molecular weight is 401 g/mol. The molecule has 0 bridgehead atoms. The maximum Gasteiger partial charge on any atom is 0.338 e. The normalized spacial score (nSPS) is 14.2. The van der Waals surface area contributed by atoms with Crippen molar-refractivity contribution in [2.75, 3.05) is 6.61 Å². The molecule has 1 aliphatic rings. The first-order valence-electron chi connectivity index (χ1n) is 10.2. The van der Waals surface area contributed by atoms with Gasteiger partial charge >= 0.3 is 12.0 Å². The molecule has 8 nitrogen and oxygen atoms in total. The number of carbonyl (C=O) groups excluding carboxylic acids is 3. The van der Waals surface area contributed by atoms with Crippen LogP contribution in [-0.4, -0.2) is 35.1 Å². The summed E-state index contributed by atoms with van der Waals surface area (Å²) in [5, 5.41) is 5.28. The van der Waals surface area contributed by atoms with Crippen LogP contribution in [0.5, 0.6) is 0 Å². The third-order valence-corrected chi connectivity index (χ3v) is 5.41. The number of imide groups is 1. The third kappa shape index (κ3) is 4.58. The van der Waals surface area contributed by atoms with Crippen LogP contribution in [0.25, 0.3) is 11.0 Å². The van der Waals surface area contributed by atoms with Gasteiger partial charge in [-0.15, -0.1) is 0 Å². The van der Waals surface area contributed by atoms with Crippen molar-refractivity contribution in [2.24, 2.45) is 0 Å². The smallest absolute Gasteiger partial charge is 0.338 e. The van der Waals surface area contributed by atoms with E-state index in [0.29, 0.717) is 12.2 Å². The van der Waals surface area contributed by atoms with Crippen LogP contribution in [0.4, 0.5) is 4.79 Å². The van der Waals surface area contributed by atoms with E-state index in [1.54, 1.807) is 19.1 Å². The van der Waals surface area contributed by atoms with Crippen LogP contribution in [-0.2, 0) is 22.6 Å². The fourth-order valence-electron chi connectivity index (χ4n) is 4.00. The molecule has 1 fully saturated rings. The average Bonchev–Trinajstić information content (AvgIpc) is 3.28. The third-order valence-electron chi connectivity index (χ3n) is 5.41.